The van der Waals surface area contributed by atoms with Gasteiger partial charge in [0.15, 0.2) is 11.5 Å². The number of ether oxygens (including phenoxy) is 2. The summed E-state index contributed by atoms with van der Waals surface area (Å²) >= 11 is 2.09. The Morgan fingerprint density at radius 3 is 2.17 bits per heavy atom. The summed E-state index contributed by atoms with van der Waals surface area (Å²) in [6.45, 7) is 3.03. The highest BCUT2D eigenvalue weighted by atomic mass is 127. The van der Waals surface area contributed by atoms with Gasteiger partial charge < -0.3 is 14.4 Å². The van der Waals surface area contributed by atoms with Crippen LogP contribution in [0.1, 0.15) is 17.3 Å². The molecule has 9 heteroatoms. The van der Waals surface area contributed by atoms with E-state index in [9.17, 15) is 13.2 Å². The fourth-order valence-electron chi connectivity index (χ4n) is 2.54. The van der Waals surface area contributed by atoms with E-state index < -0.39 is 10.0 Å². The number of carbonyl (C=O) groups is 1. The summed E-state index contributed by atoms with van der Waals surface area (Å²) in [5.41, 5.74) is 0.528. The second-order valence-corrected chi connectivity index (χ2v) is 8.70. The number of piperazine rings is 1. The van der Waals surface area contributed by atoms with Gasteiger partial charge in [-0.05, 0) is 41.6 Å². The van der Waals surface area contributed by atoms with E-state index in [1.54, 1.807) is 31.1 Å². The number of hydrogen-bond donors (Lipinski definition) is 0. The first-order valence-corrected chi connectivity index (χ1v) is 10.2. The molecule has 0 saturated carbocycles. The van der Waals surface area contributed by atoms with Crippen molar-refractivity contribution in [1.82, 2.24) is 9.21 Å². The molecule has 1 fully saturated rings. The monoisotopic (exact) mass is 468 g/mol. The van der Waals surface area contributed by atoms with Crippen LogP contribution < -0.4 is 9.47 Å². The second-order valence-electron chi connectivity index (χ2n) is 5.28. The number of amides is 1. The molecule has 0 atom stereocenters. The molecular formula is C15H21IN2O5S. The molecule has 1 amide bonds. The van der Waals surface area contributed by atoms with Crippen molar-refractivity contribution in [1.29, 1.82) is 0 Å². The maximum atomic E-state index is 12.8. The Morgan fingerprint density at radius 2 is 1.67 bits per heavy atom. The van der Waals surface area contributed by atoms with Crippen molar-refractivity contribution in [3.63, 3.8) is 0 Å². The van der Waals surface area contributed by atoms with Gasteiger partial charge in [0.05, 0.1) is 25.5 Å². The number of hydrogen-bond acceptors (Lipinski definition) is 5. The van der Waals surface area contributed by atoms with Crippen LogP contribution in [-0.4, -0.2) is 69.7 Å². The molecular weight excluding hydrogens is 447 g/mol. The lowest BCUT2D eigenvalue weighted by Crippen LogP contribution is -2.51. The topological polar surface area (TPSA) is 76.2 Å². The summed E-state index contributed by atoms with van der Waals surface area (Å²) in [4.78, 5) is 14.4. The summed E-state index contributed by atoms with van der Waals surface area (Å²) in [7, 11) is -0.140. The molecule has 0 radical (unpaired) electrons. The first kappa shape index (κ1) is 19.3. The molecule has 0 unspecified atom stereocenters. The third kappa shape index (κ3) is 3.94. The number of sulfonamides is 1. The van der Waals surface area contributed by atoms with Gasteiger partial charge in [-0.25, -0.2) is 8.42 Å². The smallest absolute Gasteiger partial charge is 0.255 e. The Labute approximate surface area is 156 Å². The van der Waals surface area contributed by atoms with Gasteiger partial charge in [0, 0.05) is 29.7 Å². The van der Waals surface area contributed by atoms with E-state index >= 15 is 0 Å². The standard InChI is InChI=1S/C15H21IN2O5S/c1-4-24(20,21)18-7-5-17(6-8-18)15(19)11-9-13(22-2)14(23-3)10-12(11)16/h9-10H,4-8H2,1-3H3. The summed E-state index contributed by atoms with van der Waals surface area (Å²) in [5, 5.41) is 0. The molecule has 24 heavy (non-hydrogen) atoms. The fraction of sp³-hybridized carbons (Fsp3) is 0.533. The lowest BCUT2D eigenvalue weighted by atomic mass is 10.1. The normalized spacial score (nSPS) is 16.1. The minimum Gasteiger partial charge on any atom is -0.493 e. The minimum absolute atomic E-state index is 0.0779. The number of rotatable bonds is 5. The zero-order chi connectivity index (χ0) is 17.9. The van der Waals surface area contributed by atoms with Crippen LogP contribution in [0.2, 0.25) is 0 Å². The molecule has 0 N–H and O–H groups in total. The van der Waals surface area contributed by atoms with E-state index in [1.807, 2.05) is 0 Å². The zero-order valence-corrected chi connectivity index (χ0v) is 16.9. The van der Waals surface area contributed by atoms with E-state index in [4.69, 9.17) is 9.47 Å². The van der Waals surface area contributed by atoms with Crippen LogP contribution in [0.25, 0.3) is 0 Å². The molecule has 2 rings (SSSR count). The maximum absolute atomic E-state index is 12.8. The van der Waals surface area contributed by atoms with Crippen molar-refractivity contribution in [2.75, 3.05) is 46.2 Å². The van der Waals surface area contributed by atoms with Gasteiger partial charge in [-0.15, -0.1) is 0 Å². The molecule has 1 heterocycles. The van der Waals surface area contributed by atoms with Crippen LogP contribution in [0.4, 0.5) is 0 Å². The predicted octanol–water partition coefficient (Wildman–Crippen LogP) is 1.42. The van der Waals surface area contributed by atoms with Gasteiger partial charge in [0.1, 0.15) is 0 Å². The van der Waals surface area contributed by atoms with Crippen molar-refractivity contribution in [2.45, 2.75) is 6.92 Å². The predicted molar refractivity (Wildman–Crippen MR) is 99.2 cm³/mol. The van der Waals surface area contributed by atoms with Crippen LogP contribution in [0, 0.1) is 3.57 Å². The Morgan fingerprint density at radius 1 is 1.12 bits per heavy atom. The fourth-order valence-corrected chi connectivity index (χ4v) is 4.29. The van der Waals surface area contributed by atoms with E-state index in [1.165, 1.54) is 11.4 Å². The Hall–Kier alpha value is -1.07. The molecule has 1 aliphatic rings. The van der Waals surface area contributed by atoms with Gasteiger partial charge in [-0.2, -0.15) is 4.31 Å². The van der Waals surface area contributed by atoms with Gasteiger partial charge in [0.2, 0.25) is 10.0 Å². The first-order valence-electron chi connectivity index (χ1n) is 7.52. The van der Waals surface area contributed by atoms with Crippen LogP contribution in [0.15, 0.2) is 12.1 Å². The maximum Gasteiger partial charge on any atom is 0.255 e. The van der Waals surface area contributed by atoms with Crippen LogP contribution >= 0.6 is 22.6 Å². The summed E-state index contributed by atoms with van der Waals surface area (Å²) in [6.07, 6.45) is 0. The second kappa shape index (κ2) is 7.87. The van der Waals surface area contributed by atoms with E-state index in [0.29, 0.717) is 43.2 Å². The highest BCUT2D eigenvalue weighted by molar-refractivity contribution is 14.1. The molecule has 134 valence electrons. The molecule has 1 aromatic carbocycles. The third-order valence-electron chi connectivity index (χ3n) is 3.99. The zero-order valence-electron chi connectivity index (χ0n) is 13.9. The quantitative estimate of drug-likeness (QED) is 0.612. The highest BCUT2D eigenvalue weighted by Crippen LogP contribution is 2.32. The van der Waals surface area contributed by atoms with Crippen molar-refractivity contribution in [2.24, 2.45) is 0 Å². The summed E-state index contributed by atoms with van der Waals surface area (Å²) in [6, 6.07) is 3.42. The summed E-state index contributed by atoms with van der Waals surface area (Å²) in [5.74, 6) is 1.01. The van der Waals surface area contributed by atoms with Gasteiger partial charge in [0.25, 0.3) is 5.91 Å². The third-order valence-corrected chi connectivity index (χ3v) is 6.76. The van der Waals surface area contributed by atoms with E-state index in [2.05, 4.69) is 22.6 Å². The average Bonchev–Trinajstić information content (AvgIpc) is 2.60. The lowest BCUT2D eigenvalue weighted by Gasteiger charge is -2.34. The largest absolute Gasteiger partial charge is 0.493 e. The summed E-state index contributed by atoms with van der Waals surface area (Å²) < 4.78 is 36.5. The Kier molecular flexibility index (Phi) is 6.32. The molecule has 0 aromatic heterocycles. The van der Waals surface area contributed by atoms with Gasteiger partial charge in [-0.1, -0.05) is 0 Å². The van der Waals surface area contributed by atoms with E-state index in [0.717, 1.165) is 3.57 Å². The molecule has 0 aliphatic carbocycles. The van der Waals surface area contributed by atoms with Crippen LogP contribution in [0.5, 0.6) is 11.5 Å². The minimum atomic E-state index is -3.21. The van der Waals surface area contributed by atoms with Crippen molar-refractivity contribution >= 4 is 38.5 Å². The van der Waals surface area contributed by atoms with Crippen molar-refractivity contribution in [3.8, 4) is 11.5 Å². The Bertz CT molecular complexity index is 715. The van der Waals surface area contributed by atoms with Crippen LogP contribution in [-0.2, 0) is 10.0 Å². The average molecular weight is 468 g/mol. The SMILES string of the molecule is CCS(=O)(=O)N1CCN(C(=O)c2cc(OC)c(OC)cc2I)CC1. The number of nitrogens with zero attached hydrogens (tertiary/aromatic N) is 2. The number of methoxy groups -OCH3 is 2. The number of halogens is 1. The van der Waals surface area contributed by atoms with E-state index in [-0.39, 0.29) is 11.7 Å². The number of carbonyl (C=O) groups excluding carboxylic acids is 1. The first-order chi connectivity index (χ1) is 11.3. The van der Waals surface area contributed by atoms with Gasteiger partial charge in [-0.3, -0.25) is 4.79 Å². The molecule has 1 aliphatic heterocycles. The lowest BCUT2D eigenvalue weighted by molar-refractivity contribution is 0.0696. The highest BCUT2D eigenvalue weighted by Gasteiger charge is 2.29. The number of benzene rings is 1. The van der Waals surface area contributed by atoms with Crippen LogP contribution in [0.3, 0.4) is 0 Å². The van der Waals surface area contributed by atoms with Crippen molar-refractivity contribution in [3.05, 3.63) is 21.3 Å². The molecule has 1 aromatic rings. The van der Waals surface area contributed by atoms with Gasteiger partial charge >= 0.3 is 0 Å². The molecule has 1 saturated heterocycles. The van der Waals surface area contributed by atoms with Crippen molar-refractivity contribution < 1.29 is 22.7 Å². The Balaban J connectivity index is 2.16. The molecule has 0 spiro atoms. The molecule has 7 nitrogen and oxygen atoms in total. The molecule has 0 bridgehead atoms.